The molecule has 0 saturated carbocycles. The number of urea groups is 1. The molecule has 1 aromatic rings. The van der Waals surface area contributed by atoms with Crippen LogP contribution in [0.5, 0.6) is 5.75 Å². The Morgan fingerprint density at radius 1 is 1.39 bits per heavy atom. The van der Waals surface area contributed by atoms with Crippen molar-refractivity contribution in [1.29, 1.82) is 0 Å². The van der Waals surface area contributed by atoms with Gasteiger partial charge < -0.3 is 26.8 Å². The third kappa shape index (κ3) is 4.82. The maximum Gasteiger partial charge on any atom is 0.312 e. The van der Waals surface area contributed by atoms with Gasteiger partial charge in [-0.3, -0.25) is 0 Å². The van der Waals surface area contributed by atoms with Crippen molar-refractivity contribution in [2.24, 2.45) is 5.73 Å². The molecule has 0 aliphatic carbocycles. The van der Waals surface area contributed by atoms with Crippen molar-refractivity contribution in [3.8, 4) is 5.75 Å². The number of hydrogen-bond donors (Lipinski definition) is 4. The Kier molecular flexibility index (Phi) is 5.10. The van der Waals surface area contributed by atoms with Gasteiger partial charge in [0.05, 0.1) is 11.8 Å². The van der Waals surface area contributed by atoms with Gasteiger partial charge in [-0.2, -0.15) is 0 Å². The zero-order valence-electron chi connectivity index (χ0n) is 10.7. The highest BCUT2D eigenvalue weighted by Crippen LogP contribution is 2.26. The molecule has 0 heterocycles. The Morgan fingerprint density at radius 2 is 2.11 bits per heavy atom. The normalized spacial score (nSPS) is 10.2. The first-order chi connectivity index (χ1) is 8.49. The van der Waals surface area contributed by atoms with Crippen molar-refractivity contribution in [3.63, 3.8) is 0 Å². The topological polar surface area (TPSA) is 102 Å². The van der Waals surface area contributed by atoms with Crippen molar-refractivity contribution < 1.29 is 9.53 Å². The molecule has 1 aromatic carbocycles. The molecule has 0 radical (unpaired) electrons. The molecule has 6 heteroatoms. The quantitative estimate of drug-likeness (QED) is 0.450. The van der Waals surface area contributed by atoms with Crippen molar-refractivity contribution in [3.05, 3.63) is 18.2 Å². The molecule has 0 fully saturated rings. The van der Waals surface area contributed by atoms with Crippen LogP contribution < -0.4 is 26.8 Å². The third-order valence-electron chi connectivity index (χ3n) is 2.13. The highest BCUT2D eigenvalue weighted by Gasteiger charge is 2.04. The Balaban J connectivity index is 2.53. The number of carbonyl (C=O) groups excluding carboxylic acids is 1. The second kappa shape index (κ2) is 6.58. The maximum atomic E-state index is 10.5. The minimum absolute atomic E-state index is 0.0686. The molecule has 0 bridgehead atoms. The predicted molar refractivity (Wildman–Crippen MR) is 72.7 cm³/mol. The second-order valence-corrected chi connectivity index (χ2v) is 4.14. The first-order valence-corrected chi connectivity index (χ1v) is 5.82. The molecule has 18 heavy (non-hydrogen) atoms. The first-order valence-electron chi connectivity index (χ1n) is 5.82. The van der Waals surface area contributed by atoms with E-state index in [0.29, 0.717) is 24.5 Å². The number of benzene rings is 1. The van der Waals surface area contributed by atoms with Gasteiger partial charge in [0.1, 0.15) is 5.75 Å². The summed E-state index contributed by atoms with van der Waals surface area (Å²) < 4.78 is 5.58. The smallest absolute Gasteiger partial charge is 0.312 e. The predicted octanol–water partition coefficient (Wildman–Crippen LogP) is 1.14. The average Bonchev–Trinajstić information content (AvgIpc) is 2.27. The van der Waals surface area contributed by atoms with Gasteiger partial charge in [0.15, 0.2) is 0 Å². The maximum absolute atomic E-state index is 10.5. The van der Waals surface area contributed by atoms with Crippen molar-refractivity contribution in [1.82, 2.24) is 5.32 Å². The molecule has 6 N–H and O–H groups in total. The summed E-state index contributed by atoms with van der Waals surface area (Å²) in [7, 11) is 0. The minimum Gasteiger partial charge on any atom is -0.489 e. The molecular formula is C12H20N4O2. The molecule has 100 valence electrons. The van der Waals surface area contributed by atoms with Gasteiger partial charge in [0.25, 0.3) is 0 Å². The zero-order chi connectivity index (χ0) is 13.5. The van der Waals surface area contributed by atoms with E-state index < -0.39 is 6.03 Å². The van der Waals surface area contributed by atoms with Crippen LogP contribution in [0.15, 0.2) is 18.2 Å². The van der Waals surface area contributed by atoms with E-state index in [9.17, 15) is 4.79 Å². The van der Waals surface area contributed by atoms with Crippen LogP contribution in [-0.4, -0.2) is 25.2 Å². The van der Waals surface area contributed by atoms with E-state index in [-0.39, 0.29) is 6.10 Å². The van der Waals surface area contributed by atoms with Crippen LogP contribution in [-0.2, 0) is 0 Å². The lowest BCUT2D eigenvalue weighted by atomic mass is 10.2. The summed E-state index contributed by atoms with van der Waals surface area (Å²) in [6, 6.07) is 4.94. The van der Waals surface area contributed by atoms with Crippen molar-refractivity contribution in [2.75, 3.05) is 24.1 Å². The Hall–Kier alpha value is -2.11. The zero-order valence-corrected chi connectivity index (χ0v) is 10.7. The number of nitrogens with one attached hydrogen (secondary N) is 2. The SMILES string of the molecule is CC(C)Oc1cc(NCCNC(N)=O)ccc1N. The van der Waals surface area contributed by atoms with Crippen molar-refractivity contribution in [2.45, 2.75) is 20.0 Å². The van der Waals surface area contributed by atoms with E-state index in [1.807, 2.05) is 26.0 Å². The van der Waals surface area contributed by atoms with Gasteiger partial charge in [-0.1, -0.05) is 0 Å². The molecule has 2 amide bonds. The van der Waals surface area contributed by atoms with E-state index in [0.717, 1.165) is 5.69 Å². The number of nitrogen functional groups attached to an aromatic ring is 1. The van der Waals surface area contributed by atoms with Crippen LogP contribution in [0.2, 0.25) is 0 Å². The molecule has 0 atom stereocenters. The van der Waals surface area contributed by atoms with Gasteiger partial charge in [-0.25, -0.2) is 4.79 Å². The fourth-order valence-corrected chi connectivity index (χ4v) is 1.39. The summed E-state index contributed by atoms with van der Waals surface area (Å²) in [6.07, 6.45) is 0.0686. The van der Waals surface area contributed by atoms with E-state index in [1.165, 1.54) is 0 Å². The summed E-state index contributed by atoms with van der Waals surface area (Å²) >= 11 is 0. The van der Waals surface area contributed by atoms with Gasteiger partial charge in [0.2, 0.25) is 0 Å². The summed E-state index contributed by atoms with van der Waals surface area (Å²) in [4.78, 5) is 10.5. The van der Waals surface area contributed by atoms with Crippen LogP contribution in [0.3, 0.4) is 0 Å². The fourth-order valence-electron chi connectivity index (χ4n) is 1.39. The Bertz CT molecular complexity index is 407. The number of hydrogen-bond acceptors (Lipinski definition) is 4. The number of amides is 2. The third-order valence-corrected chi connectivity index (χ3v) is 2.13. The van der Waals surface area contributed by atoms with Gasteiger partial charge >= 0.3 is 6.03 Å². The molecule has 6 nitrogen and oxygen atoms in total. The molecule has 0 aromatic heterocycles. The average molecular weight is 252 g/mol. The summed E-state index contributed by atoms with van der Waals surface area (Å²) in [5, 5.41) is 5.63. The Morgan fingerprint density at radius 3 is 2.72 bits per heavy atom. The van der Waals surface area contributed by atoms with Crippen LogP contribution in [0.1, 0.15) is 13.8 Å². The lowest BCUT2D eigenvalue weighted by molar-refractivity contribution is 0.244. The first kappa shape index (κ1) is 14.0. The van der Waals surface area contributed by atoms with Gasteiger partial charge in [-0.05, 0) is 26.0 Å². The Labute approximate surface area is 107 Å². The van der Waals surface area contributed by atoms with Crippen LogP contribution in [0, 0.1) is 0 Å². The monoisotopic (exact) mass is 252 g/mol. The molecule has 0 aliphatic heterocycles. The largest absolute Gasteiger partial charge is 0.489 e. The number of anilines is 2. The molecular weight excluding hydrogens is 232 g/mol. The van der Waals surface area contributed by atoms with Crippen LogP contribution in [0.25, 0.3) is 0 Å². The van der Waals surface area contributed by atoms with Gasteiger partial charge in [-0.15, -0.1) is 0 Å². The highest BCUT2D eigenvalue weighted by molar-refractivity contribution is 5.71. The summed E-state index contributed by atoms with van der Waals surface area (Å²) in [6.45, 7) is 4.92. The number of primary amides is 1. The second-order valence-electron chi connectivity index (χ2n) is 4.14. The van der Waals surface area contributed by atoms with E-state index in [1.54, 1.807) is 6.07 Å². The molecule has 0 unspecified atom stereocenters. The number of carbonyl (C=O) groups is 1. The molecule has 1 rings (SSSR count). The molecule has 0 spiro atoms. The van der Waals surface area contributed by atoms with Crippen molar-refractivity contribution >= 4 is 17.4 Å². The van der Waals surface area contributed by atoms with E-state index in [2.05, 4.69) is 10.6 Å². The fraction of sp³-hybridized carbons (Fsp3) is 0.417. The summed E-state index contributed by atoms with van der Waals surface area (Å²) in [5.41, 5.74) is 12.2. The van der Waals surface area contributed by atoms with E-state index >= 15 is 0 Å². The molecule has 0 saturated heterocycles. The van der Waals surface area contributed by atoms with Crippen LogP contribution >= 0.6 is 0 Å². The van der Waals surface area contributed by atoms with Gasteiger partial charge in [0, 0.05) is 24.8 Å². The lowest BCUT2D eigenvalue weighted by Gasteiger charge is -2.14. The van der Waals surface area contributed by atoms with E-state index in [4.69, 9.17) is 16.2 Å². The number of ether oxygens (including phenoxy) is 1. The highest BCUT2D eigenvalue weighted by atomic mass is 16.5. The standard InChI is InChI=1S/C12H20N4O2/c1-8(2)18-11-7-9(3-4-10(11)13)15-5-6-16-12(14)17/h3-4,7-8,15H,5-6,13H2,1-2H3,(H3,14,16,17). The number of rotatable bonds is 6. The van der Waals surface area contributed by atoms with Crippen LogP contribution in [0.4, 0.5) is 16.2 Å². The summed E-state index contributed by atoms with van der Waals surface area (Å²) in [5.74, 6) is 0.651. The lowest BCUT2D eigenvalue weighted by Crippen LogP contribution is -2.33. The minimum atomic E-state index is -0.530. The molecule has 0 aliphatic rings. The number of nitrogens with two attached hydrogens (primary N) is 2.